The van der Waals surface area contributed by atoms with Gasteiger partial charge in [0.15, 0.2) is 11.6 Å². The maximum absolute atomic E-state index is 13.9. The van der Waals surface area contributed by atoms with Crippen LogP contribution < -0.4 is 9.47 Å². The van der Waals surface area contributed by atoms with Crippen molar-refractivity contribution in [3.63, 3.8) is 0 Å². The fourth-order valence-electron chi connectivity index (χ4n) is 8.36. The summed E-state index contributed by atoms with van der Waals surface area (Å²) in [5.41, 5.74) is 8.49. The number of para-hydroxylation sites is 4. The second-order valence-corrected chi connectivity index (χ2v) is 20.6. The van der Waals surface area contributed by atoms with Crippen LogP contribution in [0.2, 0.25) is 0 Å². The zero-order valence-electron chi connectivity index (χ0n) is 37.7. The van der Waals surface area contributed by atoms with E-state index in [1.54, 1.807) is 97.1 Å². The lowest BCUT2D eigenvalue weighted by Crippen LogP contribution is -2.04. The summed E-state index contributed by atoms with van der Waals surface area (Å²) in [4.78, 5) is 15.6. The molecular formula is C57H41N5O6S2. The molecule has 8 aromatic carbocycles. The monoisotopic (exact) mass is 955 g/mol. The van der Waals surface area contributed by atoms with Crippen LogP contribution in [-0.2, 0) is 26.7 Å². The van der Waals surface area contributed by atoms with Crippen LogP contribution in [0.25, 0.3) is 61.9 Å². The molecule has 0 bridgehead atoms. The number of hydrogen-bond acceptors (Lipinski definition) is 9. The highest BCUT2D eigenvalue weighted by molar-refractivity contribution is 7.91. The summed E-state index contributed by atoms with van der Waals surface area (Å²) >= 11 is 0. The Hall–Kier alpha value is -8.65. The van der Waals surface area contributed by atoms with E-state index in [4.69, 9.17) is 24.4 Å². The number of benzene rings is 8. The lowest BCUT2D eigenvalue weighted by molar-refractivity contribution is 0.481. The molecule has 11 aromatic rings. The molecule has 11 nitrogen and oxygen atoms in total. The molecule has 0 N–H and O–H groups in total. The molecule has 70 heavy (non-hydrogen) atoms. The SMILES string of the molecule is Cc1ccc(S(=O)(=O)c2ccc(Oc3ccc(-c4ccc(Oc5ccc(S(=O)(=O)c6ccc(-n7c(-c8cccc(-c9nc%10ccccc%10n9C)n8)nc8ccccc87)cc6)cc5)cc4)cc3)cc2)cc1. The van der Waals surface area contributed by atoms with Crippen molar-refractivity contribution in [1.29, 1.82) is 0 Å². The predicted octanol–water partition coefficient (Wildman–Crippen LogP) is 12.9. The lowest BCUT2D eigenvalue weighted by atomic mass is 10.1. The van der Waals surface area contributed by atoms with Crippen molar-refractivity contribution in [3.05, 3.63) is 218 Å². The van der Waals surface area contributed by atoms with Crippen LogP contribution in [0.5, 0.6) is 23.0 Å². The Morgan fingerprint density at radius 2 is 0.771 bits per heavy atom. The minimum absolute atomic E-state index is 0.134. The number of rotatable bonds is 12. The molecule has 0 atom stereocenters. The van der Waals surface area contributed by atoms with Crippen molar-refractivity contribution in [3.8, 4) is 62.8 Å². The molecule has 0 radical (unpaired) electrons. The van der Waals surface area contributed by atoms with Gasteiger partial charge in [-0.1, -0.05) is 72.3 Å². The molecular weight excluding hydrogens is 915 g/mol. The Bertz CT molecular complexity index is 3950. The third kappa shape index (κ3) is 8.37. The van der Waals surface area contributed by atoms with Crippen LogP contribution in [0.3, 0.4) is 0 Å². The molecule has 0 aliphatic heterocycles. The topological polar surface area (TPSA) is 135 Å². The van der Waals surface area contributed by atoms with Gasteiger partial charge in [-0.3, -0.25) is 4.57 Å². The molecule has 0 saturated heterocycles. The normalized spacial score (nSPS) is 11.8. The Labute approximate surface area is 404 Å². The Morgan fingerprint density at radius 1 is 0.386 bits per heavy atom. The highest BCUT2D eigenvalue weighted by Crippen LogP contribution is 2.34. The highest BCUT2D eigenvalue weighted by atomic mass is 32.2. The second kappa shape index (κ2) is 17.8. The Kier molecular flexibility index (Phi) is 11.1. The molecule has 342 valence electrons. The third-order valence-electron chi connectivity index (χ3n) is 12.1. The van der Waals surface area contributed by atoms with Gasteiger partial charge in [0.05, 0.1) is 41.6 Å². The molecule has 11 rings (SSSR count). The molecule has 3 heterocycles. The van der Waals surface area contributed by atoms with E-state index in [1.165, 1.54) is 0 Å². The molecule has 0 amide bonds. The Morgan fingerprint density at radius 3 is 1.26 bits per heavy atom. The molecule has 3 aromatic heterocycles. The number of sulfone groups is 2. The number of ether oxygens (including phenoxy) is 2. The van der Waals surface area contributed by atoms with Gasteiger partial charge in [-0.2, -0.15) is 0 Å². The number of hydrogen-bond donors (Lipinski definition) is 0. The van der Waals surface area contributed by atoms with Crippen molar-refractivity contribution in [2.45, 2.75) is 26.5 Å². The quantitative estimate of drug-likeness (QED) is 0.117. The van der Waals surface area contributed by atoms with Crippen LogP contribution in [0.1, 0.15) is 5.56 Å². The molecule has 13 heteroatoms. The number of pyridine rings is 1. The van der Waals surface area contributed by atoms with Crippen molar-refractivity contribution >= 4 is 41.7 Å². The maximum atomic E-state index is 13.9. The second-order valence-electron chi connectivity index (χ2n) is 16.7. The number of aryl methyl sites for hydroxylation is 2. The largest absolute Gasteiger partial charge is 0.457 e. The summed E-state index contributed by atoms with van der Waals surface area (Å²) < 4.78 is 70.1. The fraction of sp³-hybridized carbons (Fsp3) is 0.0351. The fourth-order valence-corrected chi connectivity index (χ4v) is 10.9. The minimum Gasteiger partial charge on any atom is -0.457 e. The first-order valence-corrected chi connectivity index (χ1v) is 25.2. The van der Waals surface area contributed by atoms with E-state index in [9.17, 15) is 16.8 Å². The summed E-state index contributed by atoms with van der Waals surface area (Å²) in [6.07, 6.45) is 0. The summed E-state index contributed by atoms with van der Waals surface area (Å²) in [5.74, 6) is 3.53. The Balaban J connectivity index is 0.755. The van der Waals surface area contributed by atoms with Crippen LogP contribution in [0.15, 0.2) is 232 Å². The van der Waals surface area contributed by atoms with E-state index in [1.807, 2.05) is 138 Å². The van der Waals surface area contributed by atoms with Crippen LogP contribution >= 0.6 is 0 Å². The minimum atomic E-state index is -3.88. The van der Waals surface area contributed by atoms with E-state index in [-0.39, 0.29) is 19.6 Å². The number of nitrogens with zero attached hydrogens (tertiary/aromatic N) is 5. The average Bonchev–Trinajstić information content (AvgIpc) is 3.95. The van der Waals surface area contributed by atoms with Gasteiger partial charge in [-0.15, -0.1) is 0 Å². The summed E-state index contributed by atoms with van der Waals surface area (Å²) in [5, 5.41) is 0. The van der Waals surface area contributed by atoms with Crippen LogP contribution in [0, 0.1) is 6.92 Å². The van der Waals surface area contributed by atoms with Gasteiger partial charge in [0.2, 0.25) is 19.7 Å². The first-order valence-electron chi connectivity index (χ1n) is 22.3. The van der Waals surface area contributed by atoms with Crippen LogP contribution in [0.4, 0.5) is 0 Å². The molecule has 0 unspecified atom stereocenters. The van der Waals surface area contributed by atoms with E-state index in [2.05, 4.69) is 0 Å². The molecule has 0 fully saturated rings. The van der Waals surface area contributed by atoms with Gasteiger partial charge in [-0.05, 0) is 164 Å². The first kappa shape index (κ1) is 43.9. The van der Waals surface area contributed by atoms with E-state index in [0.29, 0.717) is 40.2 Å². The van der Waals surface area contributed by atoms with Crippen molar-refractivity contribution in [2.75, 3.05) is 0 Å². The number of fused-ring (bicyclic) bond motifs is 2. The zero-order valence-corrected chi connectivity index (χ0v) is 39.3. The van der Waals surface area contributed by atoms with Gasteiger partial charge in [0.1, 0.15) is 34.4 Å². The van der Waals surface area contributed by atoms with Crippen LogP contribution in [-0.4, -0.2) is 40.9 Å². The van der Waals surface area contributed by atoms with Gasteiger partial charge in [0.25, 0.3) is 0 Å². The van der Waals surface area contributed by atoms with Gasteiger partial charge < -0.3 is 14.0 Å². The smallest absolute Gasteiger partial charge is 0.206 e. The maximum Gasteiger partial charge on any atom is 0.206 e. The van der Waals surface area contributed by atoms with E-state index < -0.39 is 19.7 Å². The van der Waals surface area contributed by atoms with Gasteiger partial charge in [0, 0.05) is 12.7 Å². The van der Waals surface area contributed by atoms with E-state index >= 15 is 0 Å². The molecule has 0 aliphatic rings. The average molecular weight is 956 g/mol. The van der Waals surface area contributed by atoms with Crippen molar-refractivity contribution < 1.29 is 26.3 Å². The summed E-state index contributed by atoms with van der Waals surface area (Å²) in [6.45, 7) is 1.91. The highest BCUT2D eigenvalue weighted by Gasteiger charge is 2.22. The molecule has 0 spiro atoms. The standard InChI is InChI=1S/C57H41N5O6S2/c1-38-14-30-46(31-15-38)69(63,64)48-34-26-44(27-35-48)67-42-22-16-39(17-23-42)40-18-24-43(25-19-40)68-45-28-36-49(37-29-45)70(65,66)47-32-20-41(21-33-47)62-55-13-6-4-9-51(55)60-57(62)53-11-7-10-52(58-53)56-59-50-8-3-5-12-54(50)61(56)2/h3-37H,1-2H3. The number of aromatic nitrogens is 5. The van der Waals surface area contributed by atoms with Crippen molar-refractivity contribution in [2.24, 2.45) is 7.05 Å². The summed E-state index contributed by atoms with van der Waals surface area (Å²) in [6, 6.07) is 63.0. The van der Waals surface area contributed by atoms with Gasteiger partial charge >= 0.3 is 0 Å². The predicted molar refractivity (Wildman–Crippen MR) is 271 cm³/mol. The zero-order chi connectivity index (χ0) is 48.0. The van der Waals surface area contributed by atoms with Crippen molar-refractivity contribution in [1.82, 2.24) is 24.1 Å². The molecule has 0 saturated carbocycles. The third-order valence-corrected chi connectivity index (χ3v) is 15.6. The van der Waals surface area contributed by atoms with E-state index in [0.717, 1.165) is 50.3 Å². The number of imidazole rings is 2. The molecule has 0 aliphatic carbocycles. The summed E-state index contributed by atoms with van der Waals surface area (Å²) in [7, 11) is -5.54. The first-order chi connectivity index (χ1) is 34.0. The lowest BCUT2D eigenvalue weighted by Gasteiger charge is -2.12. The van der Waals surface area contributed by atoms with Gasteiger partial charge in [-0.25, -0.2) is 31.8 Å².